The van der Waals surface area contributed by atoms with Gasteiger partial charge in [0.25, 0.3) is 0 Å². The van der Waals surface area contributed by atoms with Crippen molar-refractivity contribution in [3.05, 3.63) is 51.2 Å². The molecule has 0 spiro atoms. The van der Waals surface area contributed by atoms with E-state index in [0.717, 1.165) is 12.8 Å². The lowest BCUT2D eigenvalue weighted by atomic mass is 9.97. The number of hydrogen-bond acceptors (Lipinski definition) is 3. The molecule has 120 valence electrons. The Morgan fingerprint density at radius 1 is 0.810 bits per heavy atom. The lowest BCUT2D eigenvalue weighted by Gasteiger charge is -2.35. The van der Waals surface area contributed by atoms with E-state index in [1.165, 1.54) is 50.9 Å². The Balaban J connectivity index is 4.57. The summed E-state index contributed by atoms with van der Waals surface area (Å²) in [5.41, 5.74) is 0. The first kappa shape index (κ1) is 19.4. The van der Waals surface area contributed by atoms with E-state index >= 15 is 0 Å². The lowest BCUT2D eigenvalue weighted by molar-refractivity contribution is -0.339. The molecule has 3 heteroatoms. The Hall–Kier alpha value is -1.64. The first-order valence-corrected chi connectivity index (χ1v) is 7.69. The maximum absolute atomic E-state index is 5.46. The summed E-state index contributed by atoms with van der Waals surface area (Å²) in [4.78, 5) is 0. The third-order valence-corrected chi connectivity index (χ3v) is 3.35. The van der Waals surface area contributed by atoms with E-state index in [1.54, 1.807) is 6.08 Å². The van der Waals surface area contributed by atoms with Crippen LogP contribution >= 0.6 is 0 Å². The molecule has 0 saturated carbocycles. The summed E-state index contributed by atoms with van der Waals surface area (Å²) < 4.78 is 16.4. The van der Waals surface area contributed by atoms with Crippen molar-refractivity contribution in [1.82, 2.24) is 0 Å². The average Bonchev–Trinajstić information content (AvgIpc) is 2.47. The molecule has 0 aliphatic carbocycles. The van der Waals surface area contributed by atoms with E-state index < -0.39 is 5.97 Å². The van der Waals surface area contributed by atoms with Gasteiger partial charge in [0.1, 0.15) is 0 Å². The zero-order valence-electron chi connectivity index (χ0n) is 13.4. The normalized spacial score (nSPS) is 12.0. The highest BCUT2D eigenvalue weighted by Gasteiger charge is 2.42. The molecule has 0 N–H and O–H groups in total. The summed E-state index contributed by atoms with van der Waals surface area (Å²) in [6.07, 6.45) is 13.8. The van der Waals surface area contributed by atoms with Gasteiger partial charge in [0, 0.05) is 0 Å². The van der Waals surface area contributed by atoms with E-state index in [1.807, 2.05) is 0 Å². The van der Waals surface area contributed by atoms with Gasteiger partial charge in [-0.25, -0.2) is 0 Å². The summed E-state index contributed by atoms with van der Waals surface area (Å²) in [6, 6.07) is 0. The minimum Gasteiger partial charge on any atom is -0.429 e. The van der Waals surface area contributed by atoms with Crippen molar-refractivity contribution >= 4 is 0 Å². The molecule has 0 heterocycles. The van der Waals surface area contributed by atoms with E-state index in [-0.39, 0.29) is 5.92 Å². The van der Waals surface area contributed by atoms with Crippen molar-refractivity contribution in [2.75, 3.05) is 0 Å². The van der Waals surface area contributed by atoms with Gasteiger partial charge in [-0.2, -0.15) is 0 Å². The largest absolute Gasteiger partial charge is 0.429 e. The van der Waals surface area contributed by atoms with Crippen LogP contribution in [0.5, 0.6) is 0 Å². The van der Waals surface area contributed by atoms with Gasteiger partial charge in [-0.3, -0.25) is 0 Å². The SMILES string of the molecule is C=COC(OC=C)(OC=C)C(C=C)CCCCCCCC. The Kier molecular flexibility index (Phi) is 11.2. The zero-order chi connectivity index (χ0) is 16.0. The highest BCUT2D eigenvalue weighted by molar-refractivity contribution is 4.90. The van der Waals surface area contributed by atoms with Gasteiger partial charge in [0.05, 0.1) is 24.7 Å². The molecule has 1 unspecified atom stereocenters. The van der Waals surface area contributed by atoms with E-state index in [4.69, 9.17) is 14.2 Å². The molecule has 0 aliphatic rings. The van der Waals surface area contributed by atoms with Gasteiger partial charge >= 0.3 is 5.97 Å². The molecule has 0 fully saturated rings. The van der Waals surface area contributed by atoms with Crippen LogP contribution in [0.2, 0.25) is 0 Å². The van der Waals surface area contributed by atoms with E-state index in [2.05, 4.69) is 33.2 Å². The number of rotatable bonds is 15. The lowest BCUT2D eigenvalue weighted by Crippen LogP contribution is -2.42. The Labute approximate surface area is 130 Å². The van der Waals surface area contributed by atoms with Crippen molar-refractivity contribution < 1.29 is 14.2 Å². The van der Waals surface area contributed by atoms with Crippen molar-refractivity contribution in [3.63, 3.8) is 0 Å². The minimum atomic E-state index is -1.31. The van der Waals surface area contributed by atoms with E-state index in [0.29, 0.717) is 0 Å². The molecule has 0 aromatic heterocycles. The summed E-state index contributed by atoms with van der Waals surface area (Å²) in [7, 11) is 0. The molecule has 0 rings (SSSR count). The van der Waals surface area contributed by atoms with Crippen molar-refractivity contribution in [2.24, 2.45) is 5.92 Å². The first-order chi connectivity index (χ1) is 10.2. The number of ether oxygens (including phenoxy) is 3. The van der Waals surface area contributed by atoms with Crippen LogP contribution in [-0.4, -0.2) is 5.97 Å². The third-order valence-electron chi connectivity index (χ3n) is 3.35. The number of hydrogen-bond donors (Lipinski definition) is 0. The summed E-state index contributed by atoms with van der Waals surface area (Å²) in [5.74, 6) is -1.45. The molecule has 0 radical (unpaired) electrons. The standard InChI is InChI=1S/C18H30O3/c1-6-11-12-13-14-15-16-17(7-2)18(19-8-3,20-9-4)21-10-5/h7-10,17H,2-6,11-16H2,1H3. The van der Waals surface area contributed by atoms with Gasteiger partial charge < -0.3 is 14.2 Å². The van der Waals surface area contributed by atoms with Crippen molar-refractivity contribution in [3.8, 4) is 0 Å². The molecule has 0 bridgehead atoms. The number of unbranched alkanes of at least 4 members (excludes halogenated alkanes) is 5. The van der Waals surface area contributed by atoms with Crippen LogP contribution in [0.4, 0.5) is 0 Å². The second-order valence-electron chi connectivity index (χ2n) is 4.86. The van der Waals surface area contributed by atoms with Crippen LogP contribution in [0.1, 0.15) is 51.9 Å². The van der Waals surface area contributed by atoms with Crippen LogP contribution < -0.4 is 0 Å². The fraction of sp³-hybridized carbons (Fsp3) is 0.556. The molecule has 0 aromatic rings. The fourth-order valence-corrected chi connectivity index (χ4v) is 2.28. The molecule has 3 nitrogen and oxygen atoms in total. The van der Waals surface area contributed by atoms with E-state index in [9.17, 15) is 0 Å². The van der Waals surface area contributed by atoms with Gasteiger partial charge in [-0.1, -0.05) is 71.3 Å². The topological polar surface area (TPSA) is 27.7 Å². The third kappa shape index (κ3) is 7.07. The Morgan fingerprint density at radius 3 is 1.71 bits per heavy atom. The molecular formula is C18H30O3. The van der Waals surface area contributed by atoms with Crippen LogP contribution in [0.25, 0.3) is 0 Å². The van der Waals surface area contributed by atoms with Crippen LogP contribution in [0, 0.1) is 5.92 Å². The Morgan fingerprint density at radius 2 is 1.29 bits per heavy atom. The monoisotopic (exact) mass is 294 g/mol. The first-order valence-electron chi connectivity index (χ1n) is 7.69. The smallest absolute Gasteiger partial charge is 0.422 e. The molecule has 1 atom stereocenters. The Bertz CT molecular complexity index is 283. The van der Waals surface area contributed by atoms with Gasteiger partial charge in [0.2, 0.25) is 0 Å². The molecule has 0 saturated heterocycles. The predicted molar refractivity (Wildman–Crippen MR) is 88.3 cm³/mol. The maximum Gasteiger partial charge on any atom is 0.422 e. The highest BCUT2D eigenvalue weighted by Crippen LogP contribution is 2.32. The zero-order valence-corrected chi connectivity index (χ0v) is 13.4. The summed E-state index contributed by atoms with van der Waals surface area (Å²) in [5, 5.41) is 0. The van der Waals surface area contributed by atoms with Gasteiger partial charge in [-0.15, -0.1) is 6.58 Å². The summed E-state index contributed by atoms with van der Waals surface area (Å²) in [6.45, 7) is 16.8. The van der Waals surface area contributed by atoms with Crippen LogP contribution in [0.3, 0.4) is 0 Å². The quantitative estimate of drug-likeness (QED) is 0.168. The predicted octanol–water partition coefficient (Wildman–Crippen LogP) is 5.67. The van der Waals surface area contributed by atoms with Gasteiger partial charge in [-0.05, 0) is 6.42 Å². The van der Waals surface area contributed by atoms with Crippen molar-refractivity contribution in [2.45, 2.75) is 57.8 Å². The van der Waals surface area contributed by atoms with Gasteiger partial charge in [0.15, 0.2) is 0 Å². The fourth-order valence-electron chi connectivity index (χ4n) is 2.28. The molecule has 0 aliphatic heterocycles. The second kappa shape index (κ2) is 12.1. The average molecular weight is 294 g/mol. The molecule has 21 heavy (non-hydrogen) atoms. The molecular weight excluding hydrogens is 264 g/mol. The van der Waals surface area contributed by atoms with Crippen LogP contribution in [0.15, 0.2) is 51.2 Å². The van der Waals surface area contributed by atoms with Crippen LogP contribution in [-0.2, 0) is 14.2 Å². The molecule has 0 aromatic carbocycles. The second-order valence-corrected chi connectivity index (χ2v) is 4.86. The summed E-state index contributed by atoms with van der Waals surface area (Å²) >= 11 is 0. The minimum absolute atomic E-state index is 0.141. The highest BCUT2D eigenvalue weighted by atomic mass is 16.9. The van der Waals surface area contributed by atoms with Crippen molar-refractivity contribution in [1.29, 1.82) is 0 Å². The molecule has 0 amide bonds. The maximum atomic E-state index is 5.46.